The van der Waals surface area contributed by atoms with Gasteiger partial charge in [-0.25, -0.2) is 4.39 Å². The molecule has 0 radical (unpaired) electrons. The van der Waals surface area contributed by atoms with Crippen LogP contribution in [0.2, 0.25) is 0 Å². The number of nitro groups is 2. The summed E-state index contributed by atoms with van der Waals surface area (Å²) in [6.07, 6.45) is 0. The van der Waals surface area contributed by atoms with Gasteiger partial charge in [0, 0.05) is 25.7 Å². The highest BCUT2D eigenvalue weighted by Gasteiger charge is 2.25. The van der Waals surface area contributed by atoms with Gasteiger partial charge in [-0.2, -0.15) is 0 Å². The average Bonchev–Trinajstić information content (AvgIpc) is 2.70. The second-order valence-electron chi connectivity index (χ2n) is 6.31. The van der Waals surface area contributed by atoms with Gasteiger partial charge in [-0.15, -0.1) is 0 Å². The zero-order chi connectivity index (χ0) is 20.1. The third-order valence-electron chi connectivity index (χ3n) is 4.62. The molecule has 1 N–H and O–H groups in total. The van der Waals surface area contributed by atoms with Crippen LogP contribution in [-0.4, -0.2) is 47.6 Å². The maximum Gasteiger partial charge on any atom is 0.299 e. The van der Waals surface area contributed by atoms with Gasteiger partial charge in [0.15, 0.2) is 0 Å². The molecule has 1 atom stereocenters. The maximum atomic E-state index is 13.3. The van der Waals surface area contributed by atoms with Crippen molar-refractivity contribution in [1.29, 1.82) is 0 Å². The van der Waals surface area contributed by atoms with Gasteiger partial charge >= 0.3 is 0 Å². The van der Waals surface area contributed by atoms with Crippen molar-refractivity contribution < 1.29 is 19.0 Å². The lowest BCUT2D eigenvalue weighted by Gasteiger charge is -2.35. The van der Waals surface area contributed by atoms with Crippen LogP contribution < -0.4 is 5.32 Å². The van der Waals surface area contributed by atoms with Gasteiger partial charge in [0.1, 0.15) is 11.5 Å². The number of halogens is 1. The van der Waals surface area contributed by atoms with Gasteiger partial charge in [0.05, 0.1) is 35.2 Å². The lowest BCUT2D eigenvalue weighted by Crippen LogP contribution is -2.41. The van der Waals surface area contributed by atoms with Crippen molar-refractivity contribution in [2.75, 3.05) is 38.2 Å². The first-order chi connectivity index (χ1) is 13.5. The molecule has 1 unspecified atom stereocenters. The molecule has 10 heteroatoms. The summed E-state index contributed by atoms with van der Waals surface area (Å²) in [5.41, 5.74) is 0.339. The number of nitro benzene ring substituents is 2. The Morgan fingerprint density at radius 1 is 1.07 bits per heavy atom. The van der Waals surface area contributed by atoms with Crippen molar-refractivity contribution >= 4 is 17.1 Å². The monoisotopic (exact) mass is 390 g/mol. The van der Waals surface area contributed by atoms with Crippen molar-refractivity contribution in [3.8, 4) is 0 Å². The van der Waals surface area contributed by atoms with Gasteiger partial charge in [-0.05, 0) is 23.8 Å². The quantitative estimate of drug-likeness (QED) is 0.571. The van der Waals surface area contributed by atoms with Crippen LogP contribution in [0.25, 0.3) is 0 Å². The van der Waals surface area contributed by atoms with Crippen molar-refractivity contribution in [2.45, 2.75) is 6.04 Å². The minimum absolute atomic E-state index is 0.167. The van der Waals surface area contributed by atoms with Gasteiger partial charge < -0.3 is 10.1 Å². The largest absolute Gasteiger partial charge is 0.379 e. The topological polar surface area (TPSA) is 111 Å². The van der Waals surface area contributed by atoms with E-state index in [9.17, 15) is 24.6 Å². The normalized spacial score (nSPS) is 15.8. The fourth-order valence-electron chi connectivity index (χ4n) is 3.17. The fraction of sp³-hybridized carbons (Fsp3) is 0.333. The number of nitrogens with zero attached hydrogens (tertiary/aromatic N) is 3. The molecule has 0 bridgehead atoms. The summed E-state index contributed by atoms with van der Waals surface area (Å²) >= 11 is 0. The second kappa shape index (κ2) is 8.72. The van der Waals surface area contributed by atoms with E-state index in [1.807, 2.05) is 0 Å². The second-order valence-corrected chi connectivity index (χ2v) is 6.31. The van der Waals surface area contributed by atoms with Crippen LogP contribution in [0.15, 0.2) is 42.5 Å². The molecule has 2 aromatic rings. The van der Waals surface area contributed by atoms with Gasteiger partial charge in [0.2, 0.25) is 0 Å². The Bertz CT molecular complexity index is 856. The van der Waals surface area contributed by atoms with Crippen molar-refractivity contribution in [1.82, 2.24) is 4.90 Å². The highest BCUT2D eigenvalue weighted by Crippen LogP contribution is 2.30. The van der Waals surface area contributed by atoms with E-state index >= 15 is 0 Å². The Kier molecular flexibility index (Phi) is 6.12. The molecule has 148 valence electrons. The highest BCUT2D eigenvalue weighted by atomic mass is 19.1. The predicted molar refractivity (Wildman–Crippen MR) is 99.8 cm³/mol. The van der Waals surface area contributed by atoms with E-state index in [0.29, 0.717) is 32.8 Å². The first-order valence-electron chi connectivity index (χ1n) is 8.69. The molecule has 2 aromatic carbocycles. The van der Waals surface area contributed by atoms with E-state index in [2.05, 4.69) is 10.2 Å². The van der Waals surface area contributed by atoms with Crippen molar-refractivity contribution in [2.24, 2.45) is 0 Å². The van der Waals surface area contributed by atoms with Crippen molar-refractivity contribution in [3.05, 3.63) is 74.1 Å². The minimum Gasteiger partial charge on any atom is -0.379 e. The number of anilines is 1. The van der Waals surface area contributed by atoms with Crippen LogP contribution in [0.4, 0.5) is 21.5 Å². The van der Waals surface area contributed by atoms with Gasteiger partial charge in [-0.1, -0.05) is 12.1 Å². The highest BCUT2D eigenvalue weighted by molar-refractivity contribution is 5.65. The lowest BCUT2D eigenvalue weighted by atomic mass is 10.0. The molecule has 9 nitrogen and oxygen atoms in total. The molecular weight excluding hydrogens is 371 g/mol. The number of hydrogen-bond acceptors (Lipinski definition) is 7. The Morgan fingerprint density at radius 3 is 2.36 bits per heavy atom. The van der Waals surface area contributed by atoms with E-state index in [1.165, 1.54) is 24.3 Å². The van der Waals surface area contributed by atoms with Crippen LogP contribution in [-0.2, 0) is 4.74 Å². The molecule has 0 amide bonds. The third-order valence-corrected chi connectivity index (χ3v) is 4.62. The summed E-state index contributed by atoms with van der Waals surface area (Å²) in [5.74, 6) is -0.344. The molecule has 3 rings (SSSR count). The van der Waals surface area contributed by atoms with Crippen LogP contribution in [0.3, 0.4) is 0 Å². The molecule has 0 saturated carbocycles. The molecule has 0 aliphatic carbocycles. The number of benzene rings is 2. The Labute approximate surface area is 160 Å². The lowest BCUT2D eigenvalue weighted by molar-refractivity contribution is -0.393. The molecule has 1 heterocycles. The molecule has 1 aliphatic heterocycles. The maximum absolute atomic E-state index is 13.3. The summed E-state index contributed by atoms with van der Waals surface area (Å²) < 4.78 is 18.7. The van der Waals surface area contributed by atoms with Crippen LogP contribution in [0.1, 0.15) is 11.6 Å². The number of non-ortho nitro benzene ring substituents is 1. The molecule has 0 aromatic heterocycles. The third kappa shape index (κ3) is 4.59. The summed E-state index contributed by atoms with van der Waals surface area (Å²) in [6, 6.07) is 9.43. The number of morpholine rings is 1. The predicted octanol–water partition coefficient (Wildman–Crippen LogP) is 3.13. The minimum atomic E-state index is -0.675. The van der Waals surface area contributed by atoms with E-state index in [-0.39, 0.29) is 28.9 Å². The number of hydrogen-bond donors (Lipinski definition) is 1. The number of nitrogens with one attached hydrogen (secondary N) is 1. The molecule has 0 spiro atoms. The summed E-state index contributed by atoms with van der Waals surface area (Å²) in [6.45, 7) is 2.78. The Hall–Kier alpha value is -3.11. The van der Waals surface area contributed by atoms with Gasteiger partial charge in [-0.3, -0.25) is 25.1 Å². The smallest absolute Gasteiger partial charge is 0.299 e. The number of rotatable bonds is 7. The molecule has 28 heavy (non-hydrogen) atoms. The Balaban J connectivity index is 1.84. The number of ether oxygens (including phenoxy) is 1. The molecular formula is C18H19FN4O5. The SMILES string of the molecule is O=[N+]([O-])c1ccc(NCC(c2ccc(F)cc2)N2CCOCC2)c([N+](=O)[O-])c1. The van der Waals surface area contributed by atoms with E-state index < -0.39 is 9.85 Å². The molecule has 1 fully saturated rings. The van der Waals surface area contributed by atoms with Crippen LogP contribution in [0.5, 0.6) is 0 Å². The molecule has 1 aliphatic rings. The summed E-state index contributed by atoms with van der Waals surface area (Å²) in [7, 11) is 0. The Morgan fingerprint density at radius 2 is 1.75 bits per heavy atom. The summed E-state index contributed by atoms with van der Waals surface area (Å²) in [5, 5.41) is 25.2. The van der Waals surface area contributed by atoms with Crippen LogP contribution in [0, 0.1) is 26.0 Å². The summed E-state index contributed by atoms with van der Waals surface area (Å²) in [4.78, 5) is 23.0. The van der Waals surface area contributed by atoms with Crippen molar-refractivity contribution in [3.63, 3.8) is 0 Å². The first-order valence-corrected chi connectivity index (χ1v) is 8.69. The van der Waals surface area contributed by atoms with E-state index in [1.54, 1.807) is 12.1 Å². The molecule has 1 saturated heterocycles. The fourth-order valence-corrected chi connectivity index (χ4v) is 3.17. The standard InChI is InChI=1S/C18H19FN4O5/c19-14-3-1-13(2-4-14)18(21-7-9-28-10-8-21)12-20-16-6-5-15(22(24)25)11-17(16)23(26)27/h1-6,11,18,20H,7-10,12H2. The zero-order valence-corrected chi connectivity index (χ0v) is 14.9. The zero-order valence-electron chi connectivity index (χ0n) is 14.9. The average molecular weight is 390 g/mol. The van der Waals surface area contributed by atoms with E-state index in [4.69, 9.17) is 4.74 Å². The van der Waals surface area contributed by atoms with E-state index in [0.717, 1.165) is 11.6 Å². The first kappa shape index (κ1) is 19.6. The van der Waals surface area contributed by atoms with Crippen LogP contribution >= 0.6 is 0 Å². The van der Waals surface area contributed by atoms with Gasteiger partial charge in [0.25, 0.3) is 11.4 Å².